The van der Waals surface area contributed by atoms with Crippen LogP contribution in [0.5, 0.6) is 5.75 Å². The second kappa shape index (κ2) is 8.99. The molecule has 1 atom stereocenters. The number of morpholine rings is 1. The third kappa shape index (κ3) is 4.08. The zero-order valence-electron chi connectivity index (χ0n) is 19.4. The fraction of sp³-hybridized carbons (Fsp3) is 0.269. The molecule has 1 fully saturated rings. The number of amides is 1. The lowest BCUT2D eigenvalue weighted by molar-refractivity contribution is -0.123. The van der Waals surface area contributed by atoms with Crippen LogP contribution in [0.3, 0.4) is 0 Å². The predicted octanol–water partition coefficient (Wildman–Crippen LogP) is 3.22. The van der Waals surface area contributed by atoms with Gasteiger partial charge in [0.1, 0.15) is 18.2 Å². The largest absolute Gasteiger partial charge is 0.495 e. The molecule has 1 N–H and O–H groups in total. The van der Waals surface area contributed by atoms with Crippen molar-refractivity contribution in [3.63, 3.8) is 0 Å². The number of carbonyl (C=O) groups is 1. The van der Waals surface area contributed by atoms with Crippen LogP contribution in [0.25, 0.3) is 11.8 Å². The highest BCUT2D eigenvalue weighted by molar-refractivity contribution is 6.08. The second-order valence-corrected chi connectivity index (χ2v) is 8.56. The first kappa shape index (κ1) is 22.8. The molecule has 3 aromatic rings. The van der Waals surface area contributed by atoms with Crippen molar-refractivity contribution in [2.75, 3.05) is 26.9 Å². The number of carbonyl (C=O) groups excluding carboxylic acids is 1. The number of aliphatic imine (C=N–C) groups is 1. The summed E-state index contributed by atoms with van der Waals surface area (Å²) >= 11 is 0. The second-order valence-electron chi connectivity index (χ2n) is 8.56. The maximum Gasteiger partial charge on any atom is 0.250 e. The molecule has 2 aliphatic heterocycles. The van der Waals surface area contributed by atoms with Gasteiger partial charge in [-0.1, -0.05) is 18.2 Å². The Morgan fingerprint density at radius 3 is 2.74 bits per heavy atom. The Morgan fingerprint density at radius 1 is 1.26 bits per heavy atom. The normalized spacial score (nSPS) is 20.9. The van der Waals surface area contributed by atoms with Gasteiger partial charge in [-0.15, -0.1) is 0 Å². The number of hydrogen-bond donors (Lipinski definition) is 1. The van der Waals surface area contributed by atoms with Crippen molar-refractivity contribution >= 4 is 17.8 Å². The number of aliphatic hydroxyl groups excluding tert-OH is 1. The average molecular weight is 477 g/mol. The van der Waals surface area contributed by atoms with E-state index in [1.165, 1.54) is 12.1 Å². The zero-order chi connectivity index (χ0) is 24.6. The fourth-order valence-electron chi connectivity index (χ4n) is 4.64. The number of aliphatic hydroxyl groups is 1. The number of amidine groups is 1. The molecule has 0 bridgehead atoms. The van der Waals surface area contributed by atoms with E-state index in [4.69, 9.17) is 9.47 Å². The van der Waals surface area contributed by atoms with E-state index in [1.54, 1.807) is 31.6 Å². The molecule has 1 saturated heterocycles. The van der Waals surface area contributed by atoms with Crippen LogP contribution in [-0.2, 0) is 15.1 Å². The van der Waals surface area contributed by atoms with Gasteiger partial charge in [0, 0.05) is 6.20 Å². The number of imidazole rings is 1. The van der Waals surface area contributed by atoms with Gasteiger partial charge in [0.25, 0.3) is 5.91 Å². The summed E-state index contributed by atoms with van der Waals surface area (Å²) in [6.07, 6.45) is 5.41. The van der Waals surface area contributed by atoms with Crippen LogP contribution < -0.4 is 4.74 Å². The minimum absolute atomic E-state index is 0.0151. The highest BCUT2D eigenvalue weighted by atomic mass is 19.1. The number of ether oxygens (including phenoxy) is 2. The van der Waals surface area contributed by atoms with Crippen LogP contribution >= 0.6 is 0 Å². The topological polar surface area (TPSA) is 89.2 Å². The van der Waals surface area contributed by atoms with E-state index in [1.807, 2.05) is 40.8 Å². The predicted molar refractivity (Wildman–Crippen MR) is 128 cm³/mol. The number of methoxy groups -OCH3 is 1. The molecular weight excluding hydrogens is 451 g/mol. The van der Waals surface area contributed by atoms with Gasteiger partial charge in [0.2, 0.25) is 0 Å². The van der Waals surface area contributed by atoms with Crippen molar-refractivity contribution in [3.05, 3.63) is 83.4 Å². The Labute approximate surface area is 202 Å². The van der Waals surface area contributed by atoms with Crippen LogP contribution in [0.2, 0.25) is 0 Å². The molecule has 0 radical (unpaired) electrons. The summed E-state index contributed by atoms with van der Waals surface area (Å²) in [7, 11) is 1.60. The molecular formula is C26H25FN4O4. The first-order chi connectivity index (χ1) is 16.9. The van der Waals surface area contributed by atoms with Crippen LogP contribution in [0.4, 0.5) is 4.39 Å². The molecule has 35 heavy (non-hydrogen) atoms. The summed E-state index contributed by atoms with van der Waals surface area (Å²) in [4.78, 5) is 23.1. The van der Waals surface area contributed by atoms with E-state index in [0.717, 1.165) is 16.9 Å². The zero-order valence-corrected chi connectivity index (χ0v) is 19.4. The smallest absolute Gasteiger partial charge is 0.250 e. The van der Waals surface area contributed by atoms with Crippen molar-refractivity contribution in [1.29, 1.82) is 0 Å². The van der Waals surface area contributed by atoms with Gasteiger partial charge in [0.05, 0.1) is 49.9 Å². The number of rotatable bonds is 5. The lowest BCUT2D eigenvalue weighted by Crippen LogP contribution is -2.59. The Balaban J connectivity index is 1.54. The summed E-state index contributed by atoms with van der Waals surface area (Å²) < 4.78 is 27.0. The summed E-state index contributed by atoms with van der Waals surface area (Å²) in [6, 6.07) is 11.5. The molecule has 1 unspecified atom stereocenters. The van der Waals surface area contributed by atoms with Crippen LogP contribution in [0.1, 0.15) is 23.2 Å². The van der Waals surface area contributed by atoms with Crippen molar-refractivity contribution in [1.82, 2.24) is 14.5 Å². The third-order valence-electron chi connectivity index (χ3n) is 6.37. The van der Waals surface area contributed by atoms with Crippen molar-refractivity contribution in [2.45, 2.75) is 18.9 Å². The Kier molecular flexibility index (Phi) is 5.86. The molecule has 2 aliphatic rings. The SMILES string of the molecule is COc1cc(/C=C2/OCCN3C2=NC(=O)CC3(CO)c2ccc(F)cc2)ccc1-n1cnc(C)c1. The standard InChI is InChI=1S/C26H25FN4O4/c1-17-14-30(16-28-17)21-8-3-18(11-22(21)34-2)12-23-25-29-24(33)13-26(15-32,31(25)9-10-35-23)19-4-6-20(27)7-5-19/h3-8,11-12,14,16,32H,9-10,13,15H2,1-2H3/b23-12+. The minimum atomic E-state index is -1.05. The van der Waals surface area contributed by atoms with Crippen LogP contribution in [0.15, 0.2) is 65.7 Å². The molecule has 1 amide bonds. The Morgan fingerprint density at radius 2 is 2.06 bits per heavy atom. The van der Waals surface area contributed by atoms with Crippen LogP contribution in [-0.4, -0.2) is 58.2 Å². The first-order valence-electron chi connectivity index (χ1n) is 11.2. The molecule has 0 aliphatic carbocycles. The Bertz CT molecular complexity index is 1330. The number of nitrogens with zero attached hydrogens (tertiary/aromatic N) is 4. The summed E-state index contributed by atoms with van der Waals surface area (Å²) in [6.45, 7) is 2.34. The highest BCUT2D eigenvalue weighted by Crippen LogP contribution is 2.39. The quantitative estimate of drug-likeness (QED) is 0.608. The number of hydrogen-bond acceptors (Lipinski definition) is 6. The molecule has 180 valence electrons. The number of aromatic nitrogens is 2. The number of halogens is 1. The van der Waals surface area contributed by atoms with E-state index >= 15 is 0 Å². The minimum Gasteiger partial charge on any atom is -0.495 e. The van der Waals surface area contributed by atoms with E-state index < -0.39 is 5.54 Å². The van der Waals surface area contributed by atoms with Gasteiger partial charge in [-0.2, -0.15) is 4.99 Å². The molecule has 9 heteroatoms. The maximum atomic E-state index is 13.6. The molecule has 2 aromatic carbocycles. The van der Waals surface area contributed by atoms with Gasteiger partial charge < -0.3 is 24.0 Å². The van der Waals surface area contributed by atoms with Crippen LogP contribution in [0, 0.1) is 12.7 Å². The van der Waals surface area contributed by atoms with Gasteiger partial charge in [0.15, 0.2) is 11.6 Å². The number of fused-ring (bicyclic) bond motifs is 1. The molecule has 3 heterocycles. The molecule has 8 nitrogen and oxygen atoms in total. The lowest BCUT2D eigenvalue weighted by Gasteiger charge is -2.48. The van der Waals surface area contributed by atoms with Crippen molar-refractivity contribution < 1.29 is 23.8 Å². The monoisotopic (exact) mass is 476 g/mol. The number of benzene rings is 2. The van der Waals surface area contributed by atoms with Crippen molar-refractivity contribution in [2.24, 2.45) is 4.99 Å². The Hall–Kier alpha value is -3.98. The van der Waals surface area contributed by atoms with Crippen molar-refractivity contribution in [3.8, 4) is 11.4 Å². The fourth-order valence-corrected chi connectivity index (χ4v) is 4.64. The van der Waals surface area contributed by atoms with Gasteiger partial charge >= 0.3 is 0 Å². The molecule has 0 saturated carbocycles. The average Bonchev–Trinajstić information content (AvgIpc) is 3.30. The molecule has 5 rings (SSSR count). The third-order valence-corrected chi connectivity index (χ3v) is 6.37. The van der Waals surface area contributed by atoms with E-state index in [-0.39, 0.29) is 24.8 Å². The van der Waals surface area contributed by atoms with Gasteiger partial charge in [-0.05, 0) is 48.4 Å². The van der Waals surface area contributed by atoms with Gasteiger partial charge in [-0.3, -0.25) is 4.79 Å². The molecule has 1 aromatic heterocycles. The summed E-state index contributed by atoms with van der Waals surface area (Å²) in [5.74, 6) is 0.636. The van der Waals surface area contributed by atoms with E-state index in [9.17, 15) is 14.3 Å². The van der Waals surface area contributed by atoms with Gasteiger partial charge in [-0.25, -0.2) is 9.37 Å². The highest BCUT2D eigenvalue weighted by Gasteiger charge is 2.47. The summed E-state index contributed by atoms with van der Waals surface area (Å²) in [5, 5.41) is 10.5. The maximum absolute atomic E-state index is 13.6. The number of aryl methyl sites for hydroxylation is 1. The first-order valence-corrected chi connectivity index (χ1v) is 11.2. The van der Waals surface area contributed by atoms with E-state index in [0.29, 0.717) is 36.1 Å². The lowest BCUT2D eigenvalue weighted by atomic mass is 9.83. The molecule has 0 spiro atoms. The summed E-state index contributed by atoms with van der Waals surface area (Å²) in [5.41, 5.74) is 2.11. The van der Waals surface area contributed by atoms with E-state index in [2.05, 4.69) is 9.98 Å².